The zero-order valence-electron chi connectivity index (χ0n) is 21.3. The van der Waals surface area contributed by atoms with Crippen LogP contribution in [0.2, 0.25) is 16.6 Å². The SMILES string of the molecule is CC(C)[Si](O[C@H]1C[C@H](NC(=O)OC(C)(C)C)C[C@@H]1/C=C/S(=O)(=O)NC(=O)O)(C(C)C)C(C)C. The van der Waals surface area contributed by atoms with Gasteiger partial charge in [-0.3, -0.25) is 0 Å². The van der Waals surface area contributed by atoms with E-state index in [1.807, 2.05) is 0 Å². The van der Waals surface area contributed by atoms with Crippen LogP contribution in [0, 0.1) is 5.92 Å². The molecule has 11 heteroatoms. The topological polar surface area (TPSA) is 131 Å². The lowest BCUT2D eigenvalue weighted by Gasteiger charge is -2.45. The number of amides is 2. The summed E-state index contributed by atoms with van der Waals surface area (Å²) in [4.78, 5) is 23.1. The largest absolute Gasteiger partial charge is 0.464 e. The Morgan fingerprint density at radius 3 is 1.97 bits per heavy atom. The van der Waals surface area contributed by atoms with Crippen LogP contribution in [-0.2, 0) is 19.2 Å². The Kier molecular flexibility index (Phi) is 10.0. The molecule has 0 aliphatic heterocycles. The number of rotatable bonds is 9. The van der Waals surface area contributed by atoms with Crippen LogP contribution in [0.3, 0.4) is 0 Å². The summed E-state index contributed by atoms with van der Waals surface area (Å²) in [6, 6.07) is -0.257. The summed E-state index contributed by atoms with van der Waals surface area (Å²) in [5, 5.41) is 12.5. The molecule has 0 bridgehead atoms. The number of carbonyl (C=O) groups excluding carboxylic acids is 1. The first kappa shape index (κ1) is 29.4. The highest BCUT2D eigenvalue weighted by Gasteiger charge is 2.49. The average molecular weight is 507 g/mol. The van der Waals surface area contributed by atoms with E-state index in [4.69, 9.17) is 14.3 Å². The Labute approximate surface area is 199 Å². The van der Waals surface area contributed by atoms with Gasteiger partial charge in [0.25, 0.3) is 10.0 Å². The van der Waals surface area contributed by atoms with Gasteiger partial charge >= 0.3 is 12.2 Å². The third kappa shape index (κ3) is 8.60. The molecular formula is C22H42N2O7SSi. The number of carboxylic acid groups (broad SMARTS) is 1. The molecule has 192 valence electrons. The van der Waals surface area contributed by atoms with E-state index in [9.17, 15) is 18.0 Å². The molecule has 9 nitrogen and oxygen atoms in total. The van der Waals surface area contributed by atoms with Crippen LogP contribution < -0.4 is 10.0 Å². The van der Waals surface area contributed by atoms with Crippen molar-refractivity contribution in [2.45, 2.75) is 110 Å². The molecule has 0 unspecified atom stereocenters. The highest BCUT2D eigenvalue weighted by Crippen LogP contribution is 2.46. The molecule has 0 radical (unpaired) electrons. The first-order valence-electron chi connectivity index (χ1n) is 11.5. The van der Waals surface area contributed by atoms with Crippen LogP contribution in [-0.4, -0.2) is 51.8 Å². The molecule has 0 spiro atoms. The maximum atomic E-state index is 12.3. The van der Waals surface area contributed by atoms with Crippen molar-refractivity contribution in [2.75, 3.05) is 0 Å². The van der Waals surface area contributed by atoms with Crippen molar-refractivity contribution in [3.8, 4) is 0 Å². The zero-order valence-corrected chi connectivity index (χ0v) is 23.2. The maximum absolute atomic E-state index is 12.3. The van der Waals surface area contributed by atoms with Crippen molar-refractivity contribution in [3.63, 3.8) is 0 Å². The first-order chi connectivity index (χ1) is 14.9. The average Bonchev–Trinajstić information content (AvgIpc) is 2.95. The molecule has 0 saturated heterocycles. The summed E-state index contributed by atoms with van der Waals surface area (Å²) in [6.45, 7) is 18.4. The zero-order chi connectivity index (χ0) is 25.8. The predicted molar refractivity (Wildman–Crippen MR) is 131 cm³/mol. The van der Waals surface area contributed by atoms with E-state index in [-0.39, 0.29) is 18.1 Å². The summed E-state index contributed by atoms with van der Waals surface area (Å²) >= 11 is 0. The minimum absolute atomic E-state index is 0.257. The van der Waals surface area contributed by atoms with Crippen molar-refractivity contribution in [1.29, 1.82) is 0 Å². The molecular weight excluding hydrogens is 464 g/mol. The number of hydrogen-bond donors (Lipinski definition) is 3. The van der Waals surface area contributed by atoms with Crippen LogP contribution >= 0.6 is 0 Å². The fourth-order valence-electron chi connectivity index (χ4n) is 4.99. The Bertz CT molecular complexity index is 797. The minimum Gasteiger partial charge on any atom is -0.464 e. The third-order valence-electron chi connectivity index (χ3n) is 6.07. The lowest BCUT2D eigenvalue weighted by Crippen LogP contribution is -2.51. The van der Waals surface area contributed by atoms with Gasteiger partial charge in [-0.05, 0) is 50.2 Å². The summed E-state index contributed by atoms with van der Waals surface area (Å²) in [7, 11) is -6.42. The summed E-state index contributed by atoms with van der Waals surface area (Å²) in [5.41, 5.74) is 0.357. The molecule has 3 atom stereocenters. The Morgan fingerprint density at radius 1 is 1.03 bits per heavy atom. The van der Waals surface area contributed by atoms with Gasteiger partial charge in [0.15, 0.2) is 0 Å². The highest BCUT2D eigenvalue weighted by atomic mass is 32.2. The number of sulfonamides is 1. The number of nitrogens with one attached hydrogen (secondary N) is 2. The van der Waals surface area contributed by atoms with Crippen molar-refractivity contribution in [1.82, 2.24) is 10.0 Å². The molecule has 0 heterocycles. The Balaban J connectivity index is 3.22. The molecule has 2 amide bonds. The van der Waals surface area contributed by atoms with E-state index in [1.165, 1.54) is 10.8 Å². The molecule has 3 N–H and O–H groups in total. The minimum atomic E-state index is -4.14. The fraction of sp³-hybridized carbons (Fsp3) is 0.818. The van der Waals surface area contributed by atoms with Crippen molar-refractivity contribution in [2.24, 2.45) is 5.92 Å². The Hall–Kier alpha value is -1.59. The van der Waals surface area contributed by atoms with Crippen LogP contribution in [0.15, 0.2) is 11.5 Å². The van der Waals surface area contributed by atoms with E-state index < -0.39 is 36.1 Å². The van der Waals surface area contributed by atoms with Gasteiger partial charge in [-0.15, -0.1) is 0 Å². The van der Waals surface area contributed by atoms with Gasteiger partial charge in [0.2, 0.25) is 8.32 Å². The van der Waals surface area contributed by atoms with Crippen molar-refractivity contribution < 1.29 is 32.3 Å². The molecule has 1 fully saturated rings. The molecule has 1 rings (SSSR count). The van der Waals surface area contributed by atoms with E-state index in [0.717, 1.165) is 5.41 Å². The summed E-state index contributed by atoms with van der Waals surface area (Å²) < 4.78 is 37.9. The molecule has 0 aromatic rings. The third-order valence-corrected chi connectivity index (χ3v) is 13.2. The normalized spacial score (nSPS) is 22.4. The second kappa shape index (κ2) is 11.2. The van der Waals surface area contributed by atoms with Crippen LogP contribution in [0.5, 0.6) is 0 Å². The smallest absolute Gasteiger partial charge is 0.418 e. The number of hydrogen-bond acceptors (Lipinski definition) is 6. The van der Waals surface area contributed by atoms with Crippen molar-refractivity contribution >= 4 is 30.5 Å². The molecule has 1 aliphatic carbocycles. The molecule has 1 saturated carbocycles. The van der Waals surface area contributed by atoms with E-state index in [2.05, 4.69) is 46.9 Å². The molecule has 33 heavy (non-hydrogen) atoms. The number of ether oxygens (including phenoxy) is 1. The number of carbonyl (C=O) groups is 2. The second-order valence-electron chi connectivity index (χ2n) is 10.7. The lowest BCUT2D eigenvalue weighted by molar-refractivity contribution is 0.0502. The quantitative estimate of drug-likeness (QED) is 0.377. The van der Waals surface area contributed by atoms with Gasteiger partial charge in [0, 0.05) is 17.4 Å². The van der Waals surface area contributed by atoms with Crippen LogP contribution in [0.4, 0.5) is 9.59 Å². The predicted octanol–water partition coefficient (Wildman–Crippen LogP) is 4.96. The highest BCUT2D eigenvalue weighted by molar-refractivity contribution is 7.92. The fourth-order valence-corrected chi connectivity index (χ4v) is 11.3. The lowest BCUT2D eigenvalue weighted by atomic mass is 10.1. The van der Waals surface area contributed by atoms with Gasteiger partial charge in [-0.25, -0.2) is 22.7 Å². The van der Waals surface area contributed by atoms with Crippen LogP contribution in [0.1, 0.15) is 75.2 Å². The standard InChI is InChI=1S/C22H42N2O7SSi/c1-14(2)33(15(3)4,16(5)6)31-19-13-18(23-21(27)30-22(7,8)9)12-17(19)10-11-32(28,29)24-20(25)26/h10-11,14-19,24H,12-13H2,1-9H3,(H,23,27)(H,25,26)/b11-10+/t17-,18+,19-/m0/s1. The monoisotopic (exact) mass is 506 g/mol. The molecule has 0 aromatic carbocycles. The van der Waals surface area contributed by atoms with Gasteiger partial charge in [-0.2, -0.15) is 0 Å². The molecule has 1 aliphatic rings. The summed E-state index contributed by atoms with van der Waals surface area (Å²) in [6.07, 6.45) is -0.0266. The second-order valence-corrected chi connectivity index (χ2v) is 17.7. The first-order valence-corrected chi connectivity index (χ1v) is 15.2. The number of alkyl carbamates (subject to hydrolysis) is 1. The van der Waals surface area contributed by atoms with E-state index in [1.54, 1.807) is 20.8 Å². The van der Waals surface area contributed by atoms with Gasteiger partial charge < -0.3 is 19.6 Å². The van der Waals surface area contributed by atoms with E-state index >= 15 is 0 Å². The molecule has 0 aromatic heterocycles. The van der Waals surface area contributed by atoms with Crippen LogP contribution in [0.25, 0.3) is 0 Å². The maximum Gasteiger partial charge on any atom is 0.418 e. The van der Waals surface area contributed by atoms with Gasteiger partial charge in [-0.1, -0.05) is 47.6 Å². The Morgan fingerprint density at radius 2 is 1.55 bits per heavy atom. The van der Waals surface area contributed by atoms with E-state index in [0.29, 0.717) is 29.5 Å². The van der Waals surface area contributed by atoms with Gasteiger partial charge in [0.05, 0.1) is 6.10 Å². The van der Waals surface area contributed by atoms with Gasteiger partial charge in [0.1, 0.15) is 5.60 Å². The van der Waals surface area contributed by atoms with Crippen molar-refractivity contribution in [3.05, 3.63) is 11.5 Å². The summed E-state index contributed by atoms with van der Waals surface area (Å²) in [5.74, 6) is -0.307.